The van der Waals surface area contributed by atoms with Gasteiger partial charge in [-0.1, -0.05) is 0 Å². The monoisotopic (exact) mass is 267 g/mol. The standard InChI is InChI=1S/C13H14FNO4/c1-7-4-8(14)2-3-10(7)12(17)15-6-9(16)5-11(15)13(18)19/h2-4,9,11,16H,5-6H2,1H3,(H,18,19)/t9-,11-/m1/s1. The molecule has 5 nitrogen and oxygen atoms in total. The Morgan fingerprint density at radius 2 is 2.11 bits per heavy atom. The Hall–Kier alpha value is -1.95. The number of carboxylic acid groups (broad SMARTS) is 1. The topological polar surface area (TPSA) is 77.8 Å². The van der Waals surface area contributed by atoms with Crippen LogP contribution in [0.15, 0.2) is 18.2 Å². The Bertz CT molecular complexity index is 531. The van der Waals surface area contributed by atoms with Crippen molar-refractivity contribution in [2.24, 2.45) is 0 Å². The summed E-state index contributed by atoms with van der Waals surface area (Å²) in [5.74, 6) is -2.10. The SMILES string of the molecule is Cc1cc(F)ccc1C(=O)N1C[C@H](O)C[C@@H]1C(=O)O. The minimum absolute atomic E-state index is 0.0152. The van der Waals surface area contributed by atoms with Crippen molar-refractivity contribution >= 4 is 11.9 Å². The number of halogens is 1. The number of carbonyl (C=O) groups excluding carboxylic acids is 1. The highest BCUT2D eigenvalue weighted by Gasteiger charge is 2.39. The van der Waals surface area contributed by atoms with E-state index in [-0.39, 0.29) is 18.5 Å². The molecule has 0 spiro atoms. The number of aryl methyl sites for hydroxylation is 1. The Balaban J connectivity index is 2.30. The van der Waals surface area contributed by atoms with Crippen molar-refractivity contribution in [1.82, 2.24) is 4.90 Å². The molecule has 0 aromatic heterocycles. The van der Waals surface area contributed by atoms with Gasteiger partial charge in [0.05, 0.1) is 6.10 Å². The zero-order chi connectivity index (χ0) is 14.2. The lowest BCUT2D eigenvalue weighted by atomic mass is 10.1. The third kappa shape index (κ3) is 2.58. The molecule has 0 saturated carbocycles. The van der Waals surface area contributed by atoms with Crippen LogP contribution in [0, 0.1) is 12.7 Å². The molecule has 1 aromatic carbocycles. The van der Waals surface area contributed by atoms with E-state index in [1.807, 2.05) is 0 Å². The highest BCUT2D eigenvalue weighted by molar-refractivity contribution is 5.98. The summed E-state index contributed by atoms with van der Waals surface area (Å²) in [6.07, 6.45) is -0.827. The number of aliphatic carboxylic acids is 1. The molecule has 2 N–H and O–H groups in total. The van der Waals surface area contributed by atoms with Gasteiger partial charge in [-0.05, 0) is 30.7 Å². The molecule has 1 aromatic rings. The van der Waals surface area contributed by atoms with E-state index in [9.17, 15) is 19.1 Å². The molecule has 1 saturated heterocycles. The maximum Gasteiger partial charge on any atom is 0.326 e. The quantitative estimate of drug-likeness (QED) is 0.830. The Labute approximate surface area is 109 Å². The molecule has 0 unspecified atom stereocenters. The zero-order valence-corrected chi connectivity index (χ0v) is 10.3. The molecule has 0 bridgehead atoms. The van der Waals surface area contributed by atoms with Crippen LogP contribution in [-0.4, -0.2) is 45.7 Å². The number of carboxylic acids is 1. The largest absolute Gasteiger partial charge is 0.480 e. The van der Waals surface area contributed by atoms with Crippen LogP contribution in [0.5, 0.6) is 0 Å². The summed E-state index contributed by atoms with van der Waals surface area (Å²) in [7, 11) is 0. The van der Waals surface area contributed by atoms with Crippen LogP contribution < -0.4 is 0 Å². The number of carbonyl (C=O) groups is 2. The van der Waals surface area contributed by atoms with Gasteiger partial charge in [-0.15, -0.1) is 0 Å². The number of likely N-dealkylation sites (tertiary alicyclic amines) is 1. The second-order valence-corrected chi connectivity index (χ2v) is 4.66. The van der Waals surface area contributed by atoms with E-state index in [0.717, 1.165) is 11.0 Å². The number of rotatable bonds is 2. The molecule has 0 radical (unpaired) electrons. The van der Waals surface area contributed by atoms with Crippen molar-refractivity contribution in [1.29, 1.82) is 0 Å². The lowest BCUT2D eigenvalue weighted by Crippen LogP contribution is -2.40. The molecular formula is C13H14FNO4. The van der Waals surface area contributed by atoms with E-state index >= 15 is 0 Å². The maximum atomic E-state index is 13.0. The first-order valence-electron chi connectivity index (χ1n) is 5.88. The van der Waals surface area contributed by atoms with Gasteiger partial charge >= 0.3 is 5.97 Å². The lowest BCUT2D eigenvalue weighted by Gasteiger charge is -2.22. The molecule has 1 aliphatic rings. The van der Waals surface area contributed by atoms with E-state index in [1.54, 1.807) is 6.92 Å². The predicted molar refractivity (Wildman–Crippen MR) is 64.2 cm³/mol. The third-order valence-corrected chi connectivity index (χ3v) is 3.24. The summed E-state index contributed by atoms with van der Waals surface area (Å²) < 4.78 is 13.0. The van der Waals surface area contributed by atoms with Gasteiger partial charge in [0, 0.05) is 18.5 Å². The van der Waals surface area contributed by atoms with Crippen molar-refractivity contribution < 1.29 is 24.2 Å². The Kier molecular flexibility index (Phi) is 3.53. The van der Waals surface area contributed by atoms with Gasteiger partial charge in [0.25, 0.3) is 5.91 Å². The van der Waals surface area contributed by atoms with Crippen molar-refractivity contribution in [2.75, 3.05) is 6.54 Å². The first-order valence-corrected chi connectivity index (χ1v) is 5.88. The number of amides is 1. The first-order chi connectivity index (χ1) is 8.90. The predicted octanol–water partition coefficient (Wildman–Crippen LogP) is 0.794. The van der Waals surface area contributed by atoms with Crippen LogP contribution in [0.1, 0.15) is 22.3 Å². The van der Waals surface area contributed by atoms with E-state index < -0.39 is 29.8 Å². The van der Waals surface area contributed by atoms with Crippen molar-refractivity contribution in [3.63, 3.8) is 0 Å². The highest BCUT2D eigenvalue weighted by atomic mass is 19.1. The lowest BCUT2D eigenvalue weighted by molar-refractivity contribution is -0.141. The average molecular weight is 267 g/mol. The normalized spacial score (nSPS) is 22.6. The van der Waals surface area contributed by atoms with Gasteiger partial charge < -0.3 is 15.1 Å². The summed E-state index contributed by atoms with van der Waals surface area (Å²) in [5.41, 5.74) is 0.692. The van der Waals surface area contributed by atoms with Gasteiger partial charge in [-0.3, -0.25) is 4.79 Å². The van der Waals surface area contributed by atoms with E-state index in [4.69, 9.17) is 5.11 Å². The molecule has 1 amide bonds. The number of hydrogen-bond acceptors (Lipinski definition) is 3. The van der Waals surface area contributed by atoms with Gasteiger partial charge in [0.1, 0.15) is 11.9 Å². The van der Waals surface area contributed by atoms with Crippen molar-refractivity contribution in [3.05, 3.63) is 35.1 Å². The van der Waals surface area contributed by atoms with Gasteiger partial charge in [-0.25, -0.2) is 9.18 Å². The maximum absolute atomic E-state index is 13.0. The van der Waals surface area contributed by atoms with Crippen LogP contribution in [0.2, 0.25) is 0 Å². The van der Waals surface area contributed by atoms with Crippen LogP contribution >= 0.6 is 0 Å². The van der Waals surface area contributed by atoms with Gasteiger partial charge in [0.15, 0.2) is 0 Å². The summed E-state index contributed by atoms with van der Waals surface area (Å²) >= 11 is 0. The molecule has 1 heterocycles. The fourth-order valence-electron chi connectivity index (χ4n) is 2.29. The minimum atomic E-state index is -1.15. The molecule has 0 aliphatic carbocycles. The van der Waals surface area contributed by atoms with Crippen molar-refractivity contribution in [3.8, 4) is 0 Å². The number of β-amino-alcohol motifs (C(OH)–C–C–N with tert-alkyl or cyclic N) is 1. The highest BCUT2D eigenvalue weighted by Crippen LogP contribution is 2.22. The molecule has 1 aliphatic heterocycles. The van der Waals surface area contributed by atoms with Gasteiger partial charge in [0.2, 0.25) is 0 Å². The second kappa shape index (κ2) is 4.97. The minimum Gasteiger partial charge on any atom is -0.480 e. The van der Waals surface area contributed by atoms with Gasteiger partial charge in [-0.2, -0.15) is 0 Å². The van der Waals surface area contributed by atoms with Crippen molar-refractivity contribution in [2.45, 2.75) is 25.5 Å². The summed E-state index contributed by atoms with van der Waals surface area (Å²) in [6, 6.07) is 2.67. The number of aliphatic hydroxyl groups is 1. The molecule has 102 valence electrons. The van der Waals surface area contributed by atoms with Crippen LogP contribution in [0.4, 0.5) is 4.39 Å². The van der Waals surface area contributed by atoms with E-state index in [1.165, 1.54) is 12.1 Å². The average Bonchev–Trinajstić information content (AvgIpc) is 2.70. The Morgan fingerprint density at radius 1 is 1.42 bits per heavy atom. The summed E-state index contributed by atoms with van der Waals surface area (Å²) in [6.45, 7) is 1.56. The zero-order valence-electron chi connectivity index (χ0n) is 10.3. The summed E-state index contributed by atoms with van der Waals surface area (Å²) in [5, 5.41) is 18.6. The second-order valence-electron chi connectivity index (χ2n) is 4.66. The molecule has 1 fully saturated rings. The van der Waals surface area contributed by atoms with E-state index in [2.05, 4.69) is 0 Å². The third-order valence-electron chi connectivity index (χ3n) is 3.24. The molecule has 2 rings (SSSR count). The smallest absolute Gasteiger partial charge is 0.326 e. The number of nitrogens with zero attached hydrogens (tertiary/aromatic N) is 1. The molecular weight excluding hydrogens is 253 g/mol. The molecule has 2 atom stereocenters. The number of hydrogen-bond donors (Lipinski definition) is 2. The Morgan fingerprint density at radius 3 is 2.68 bits per heavy atom. The number of benzene rings is 1. The fraction of sp³-hybridized carbons (Fsp3) is 0.385. The first kappa shape index (κ1) is 13.5. The van der Waals surface area contributed by atoms with Crippen LogP contribution in [-0.2, 0) is 4.79 Å². The summed E-state index contributed by atoms with van der Waals surface area (Å²) in [4.78, 5) is 24.5. The van der Waals surface area contributed by atoms with Crippen LogP contribution in [0.3, 0.4) is 0 Å². The van der Waals surface area contributed by atoms with Crippen LogP contribution in [0.25, 0.3) is 0 Å². The fourth-order valence-corrected chi connectivity index (χ4v) is 2.29. The molecule has 19 heavy (non-hydrogen) atoms. The number of aliphatic hydroxyl groups excluding tert-OH is 1. The van der Waals surface area contributed by atoms with E-state index in [0.29, 0.717) is 5.56 Å². The molecule has 6 heteroatoms.